The van der Waals surface area contributed by atoms with Crippen molar-refractivity contribution in [1.82, 2.24) is 25.1 Å². The van der Waals surface area contributed by atoms with Crippen LogP contribution in [0.15, 0.2) is 36.7 Å². The monoisotopic (exact) mass is 415 g/mol. The van der Waals surface area contributed by atoms with Gasteiger partial charge in [0, 0.05) is 54.5 Å². The Labute approximate surface area is 173 Å². The number of aromatic nitrogens is 4. The fraction of sp³-hybridized carbons (Fsp3) is 0.409. The van der Waals surface area contributed by atoms with E-state index >= 15 is 0 Å². The van der Waals surface area contributed by atoms with Gasteiger partial charge in [-0.05, 0) is 17.7 Å². The molecule has 0 amide bonds. The van der Waals surface area contributed by atoms with Crippen LogP contribution in [0.4, 0.5) is 13.2 Å². The molecule has 2 aromatic heterocycles. The summed E-state index contributed by atoms with van der Waals surface area (Å²) in [5, 5.41) is 7.05. The number of hydrogen-bond acceptors (Lipinski definition) is 4. The lowest BCUT2D eigenvalue weighted by Gasteiger charge is -2.29. The summed E-state index contributed by atoms with van der Waals surface area (Å²) in [6, 6.07) is 5.16. The predicted octanol–water partition coefficient (Wildman–Crippen LogP) is 4.74. The number of nitrogens with one attached hydrogen (secondary N) is 1. The molecular weight excluding hydrogens is 391 g/mol. The van der Waals surface area contributed by atoms with Gasteiger partial charge in [0.25, 0.3) is 0 Å². The first-order chi connectivity index (χ1) is 14.1. The highest BCUT2D eigenvalue weighted by molar-refractivity contribution is 5.63. The molecule has 0 atom stereocenters. The highest BCUT2D eigenvalue weighted by Gasteiger charge is 2.30. The highest BCUT2D eigenvalue weighted by atomic mass is 19.4. The van der Waals surface area contributed by atoms with Crippen LogP contribution in [0, 0.1) is 0 Å². The van der Waals surface area contributed by atoms with E-state index in [1.54, 1.807) is 6.20 Å². The number of rotatable bonds is 3. The van der Waals surface area contributed by atoms with E-state index in [4.69, 9.17) is 4.98 Å². The molecule has 0 spiro atoms. The van der Waals surface area contributed by atoms with Gasteiger partial charge in [-0.1, -0.05) is 32.9 Å². The lowest BCUT2D eigenvalue weighted by atomic mass is 9.95. The zero-order valence-electron chi connectivity index (χ0n) is 17.2. The van der Waals surface area contributed by atoms with Gasteiger partial charge in [0.15, 0.2) is 0 Å². The predicted molar refractivity (Wildman–Crippen MR) is 108 cm³/mol. The van der Waals surface area contributed by atoms with Gasteiger partial charge in [0.1, 0.15) is 5.82 Å². The van der Waals surface area contributed by atoms with Gasteiger partial charge >= 0.3 is 6.18 Å². The standard InChI is InChI=1S/C22H24F3N5/c1-21(2,3)20-26-10-15-12-30(9-8-18(15)28-20)13-16-11-27-29-19(16)14-4-6-17(7-5-14)22(23,24)25/h4-7,10-11H,8-9,12-13H2,1-3H3,(H,27,29). The van der Waals surface area contributed by atoms with E-state index < -0.39 is 11.7 Å². The first kappa shape index (κ1) is 20.5. The summed E-state index contributed by atoms with van der Waals surface area (Å²) < 4.78 is 38.5. The molecule has 3 aromatic rings. The summed E-state index contributed by atoms with van der Waals surface area (Å²) in [6.45, 7) is 8.54. The van der Waals surface area contributed by atoms with Crippen LogP contribution in [0.1, 0.15) is 49.0 Å². The summed E-state index contributed by atoms with van der Waals surface area (Å²) >= 11 is 0. The maximum atomic E-state index is 12.8. The Hall–Kier alpha value is -2.74. The van der Waals surface area contributed by atoms with Crippen LogP contribution in [0.3, 0.4) is 0 Å². The molecule has 0 saturated carbocycles. The first-order valence-corrected chi connectivity index (χ1v) is 9.89. The van der Waals surface area contributed by atoms with Crippen LogP contribution in [0.25, 0.3) is 11.3 Å². The van der Waals surface area contributed by atoms with Crippen molar-refractivity contribution in [2.75, 3.05) is 6.54 Å². The van der Waals surface area contributed by atoms with Crippen molar-refractivity contribution in [3.63, 3.8) is 0 Å². The molecule has 0 bridgehead atoms. The van der Waals surface area contributed by atoms with Gasteiger partial charge in [0.2, 0.25) is 0 Å². The quantitative estimate of drug-likeness (QED) is 0.671. The minimum atomic E-state index is -4.34. The largest absolute Gasteiger partial charge is 0.416 e. The van der Waals surface area contributed by atoms with Gasteiger partial charge in [-0.25, -0.2) is 9.97 Å². The van der Waals surface area contributed by atoms with E-state index in [0.29, 0.717) is 12.1 Å². The van der Waals surface area contributed by atoms with Gasteiger partial charge < -0.3 is 0 Å². The molecule has 158 valence electrons. The summed E-state index contributed by atoms with van der Waals surface area (Å²) in [4.78, 5) is 11.6. The lowest BCUT2D eigenvalue weighted by Crippen LogP contribution is -2.32. The third-order valence-electron chi connectivity index (χ3n) is 5.30. The molecule has 0 fully saturated rings. The molecule has 3 heterocycles. The van der Waals surface area contributed by atoms with Crippen LogP contribution in [0.5, 0.6) is 0 Å². The Morgan fingerprint density at radius 2 is 1.80 bits per heavy atom. The summed E-state index contributed by atoms with van der Waals surface area (Å²) in [6.07, 6.45) is 0.156. The van der Waals surface area contributed by atoms with E-state index in [2.05, 4.69) is 40.9 Å². The Bertz CT molecular complexity index is 1030. The van der Waals surface area contributed by atoms with Crippen LogP contribution in [-0.2, 0) is 31.1 Å². The molecule has 4 rings (SSSR count). The maximum absolute atomic E-state index is 12.8. The number of fused-ring (bicyclic) bond motifs is 1. The Kier molecular flexibility index (Phi) is 5.13. The van der Waals surface area contributed by atoms with Crippen molar-refractivity contribution in [3.05, 3.63) is 64.9 Å². The number of nitrogens with zero attached hydrogens (tertiary/aromatic N) is 4. The molecule has 0 unspecified atom stereocenters. The van der Waals surface area contributed by atoms with Crippen molar-refractivity contribution in [1.29, 1.82) is 0 Å². The molecule has 1 aromatic carbocycles. The molecule has 0 saturated heterocycles. The van der Waals surface area contributed by atoms with Gasteiger partial charge in [0.05, 0.1) is 17.5 Å². The van der Waals surface area contributed by atoms with E-state index in [1.165, 1.54) is 12.1 Å². The van der Waals surface area contributed by atoms with Crippen LogP contribution in [-0.4, -0.2) is 31.6 Å². The average molecular weight is 415 g/mol. The molecule has 1 N–H and O–H groups in total. The molecule has 30 heavy (non-hydrogen) atoms. The SMILES string of the molecule is CC(C)(C)c1ncc2c(n1)CCN(Cc1cn[nH]c1-c1ccc(C(F)(F)F)cc1)C2. The number of H-pyrrole nitrogens is 1. The third kappa shape index (κ3) is 4.23. The average Bonchev–Trinajstić information content (AvgIpc) is 3.14. The molecule has 1 aliphatic heterocycles. The third-order valence-corrected chi connectivity index (χ3v) is 5.30. The summed E-state index contributed by atoms with van der Waals surface area (Å²) in [7, 11) is 0. The van der Waals surface area contributed by atoms with Crippen molar-refractivity contribution in [2.24, 2.45) is 0 Å². The van der Waals surface area contributed by atoms with Crippen LogP contribution in [0.2, 0.25) is 0 Å². The van der Waals surface area contributed by atoms with Crippen LogP contribution >= 0.6 is 0 Å². The molecular formula is C22H24F3N5. The number of hydrogen-bond donors (Lipinski definition) is 1. The number of alkyl halides is 3. The topological polar surface area (TPSA) is 57.7 Å². The highest BCUT2D eigenvalue weighted by Crippen LogP contribution is 2.32. The van der Waals surface area contributed by atoms with E-state index in [0.717, 1.165) is 60.0 Å². The minimum absolute atomic E-state index is 0.0838. The van der Waals surface area contributed by atoms with Gasteiger partial charge in [-0.2, -0.15) is 18.3 Å². The fourth-order valence-electron chi connectivity index (χ4n) is 3.62. The molecule has 0 radical (unpaired) electrons. The molecule has 1 aliphatic rings. The maximum Gasteiger partial charge on any atom is 0.416 e. The Morgan fingerprint density at radius 1 is 1.07 bits per heavy atom. The zero-order valence-corrected chi connectivity index (χ0v) is 17.2. The van der Waals surface area contributed by atoms with Gasteiger partial charge in [-0.3, -0.25) is 10.00 Å². The normalized spacial score (nSPS) is 15.3. The molecule has 8 heteroatoms. The Balaban J connectivity index is 1.50. The number of aromatic amines is 1. The fourth-order valence-corrected chi connectivity index (χ4v) is 3.62. The van der Waals surface area contributed by atoms with Gasteiger partial charge in [-0.15, -0.1) is 0 Å². The smallest absolute Gasteiger partial charge is 0.294 e. The second-order valence-electron chi connectivity index (χ2n) is 8.72. The van der Waals surface area contributed by atoms with Crippen molar-refractivity contribution in [2.45, 2.75) is 51.9 Å². The van der Waals surface area contributed by atoms with Crippen LogP contribution < -0.4 is 0 Å². The zero-order chi connectivity index (χ0) is 21.5. The van der Waals surface area contributed by atoms with E-state index in [-0.39, 0.29) is 5.41 Å². The van der Waals surface area contributed by atoms with Crippen molar-refractivity contribution < 1.29 is 13.2 Å². The van der Waals surface area contributed by atoms with Crippen molar-refractivity contribution in [3.8, 4) is 11.3 Å². The lowest BCUT2D eigenvalue weighted by molar-refractivity contribution is -0.137. The van der Waals surface area contributed by atoms with E-state index in [9.17, 15) is 13.2 Å². The number of halogens is 3. The molecule has 0 aliphatic carbocycles. The second kappa shape index (κ2) is 7.50. The van der Waals surface area contributed by atoms with E-state index in [1.807, 2.05) is 6.20 Å². The van der Waals surface area contributed by atoms with Crippen molar-refractivity contribution >= 4 is 0 Å². The Morgan fingerprint density at radius 3 is 2.47 bits per heavy atom. The minimum Gasteiger partial charge on any atom is -0.294 e. The second-order valence-corrected chi connectivity index (χ2v) is 8.72. The summed E-state index contributed by atoms with van der Waals surface area (Å²) in [5.41, 5.74) is 3.86. The number of benzene rings is 1. The molecule has 5 nitrogen and oxygen atoms in total. The summed E-state index contributed by atoms with van der Waals surface area (Å²) in [5.74, 6) is 0.856. The first-order valence-electron chi connectivity index (χ1n) is 9.89.